The molecule has 0 saturated carbocycles. The van der Waals surface area contributed by atoms with Crippen LogP contribution in [0.5, 0.6) is 0 Å². The number of hydrogen-bond donors (Lipinski definition) is 0. The van der Waals surface area contributed by atoms with Crippen LogP contribution in [0.2, 0.25) is 0 Å². The van der Waals surface area contributed by atoms with Gasteiger partial charge in [-0.2, -0.15) is 0 Å². The lowest BCUT2D eigenvalue weighted by Gasteiger charge is -2.02. The van der Waals surface area contributed by atoms with Gasteiger partial charge in [-0.15, -0.1) is 0 Å². The second-order valence-corrected chi connectivity index (χ2v) is 4.36. The molecule has 0 saturated heterocycles. The number of Topliss-reactive ketones (excluding diaryl/α,β-unsaturated/α-hetero) is 1. The van der Waals surface area contributed by atoms with Crippen LogP contribution >= 0.6 is 31.9 Å². The van der Waals surface area contributed by atoms with Crippen molar-refractivity contribution in [3.8, 4) is 0 Å². The second-order valence-electron chi connectivity index (χ2n) is 2.94. The topological polar surface area (TPSA) is 30.2 Å². The lowest BCUT2D eigenvalue weighted by molar-refractivity contribution is 0.102. The van der Waals surface area contributed by atoms with Gasteiger partial charge in [0.1, 0.15) is 5.82 Å². The van der Waals surface area contributed by atoms with Crippen molar-refractivity contribution in [2.45, 2.75) is 0 Å². The van der Waals surface area contributed by atoms with Crippen molar-refractivity contribution in [3.63, 3.8) is 0 Å². The molecule has 0 spiro atoms. The smallest absolute Gasteiger partial charge is 0.176 e. The van der Waals surface area contributed by atoms with E-state index in [9.17, 15) is 9.18 Å². The van der Waals surface area contributed by atoms with Gasteiger partial charge >= 0.3 is 0 Å². The van der Waals surface area contributed by atoms with Crippen molar-refractivity contribution < 1.29 is 13.6 Å². The third-order valence-corrected chi connectivity index (χ3v) is 3.15. The molecule has 1 aromatic carbocycles. The molecule has 0 bridgehead atoms. The molecule has 2 aromatic rings. The molecule has 0 aliphatic heterocycles. The van der Waals surface area contributed by atoms with Crippen LogP contribution < -0.4 is 0 Å². The summed E-state index contributed by atoms with van der Waals surface area (Å²) < 4.78 is 19.5. The van der Waals surface area contributed by atoms with Gasteiger partial charge in [0, 0.05) is 0 Å². The van der Waals surface area contributed by atoms with Crippen LogP contribution in [0.3, 0.4) is 0 Å². The SMILES string of the molecule is O=C(CBr)c1cc(Br)c2occc2c1F. The maximum atomic E-state index is 13.8. The molecule has 2 nitrogen and oxygen atoms in total. The summed E-state index contributed by atoms with van der Waals surface area (Å²) in [5.41, 5.74) is 0.478. The molecule has 78 valence electrons. The van der Waals surface area contributed by atoms with Gasteiger partial charge in [-0.1, -0.05) is 15.9 Å². The van der Waals surface area contributed by atoms with Crippen LogP contribution in [0, 0.1) is 5.82 Å². The average molecular weight is 336 g/mol. The zero-order chi connectivity index (χ0) is 11.0. The van der Waals surface area contributed by atoms with E-state index in [1.54, 1.807) is 0 Å². The molecule has 2 rings (SSSR count). The Morgan fingerprint density at radius 2 is 2.27 bits per heavy atom. The van der Waals surface area contributed by atoms with Gasteiger partial charge in [-0.25, -0.2) is 4.39 Å². The van der Waals surface area contributed by atoms with Gasteiger partial charge in [-0.3, -0.25) is 4.79 Å². The molecule has 0 fully saturated rings. The fraction of sp³-hybridized carbons (Fsp3) is 0.100. The Labute approximate surface area is 102 Å². The molecule has 0 radical (unpaired) electrons. The molecular formula is C10H5Br2FO2. The minimum absolute atomic E-state index is 0.0626. The number of halogens is 3. The Bertz CT molecular complexity index is 533. The Morgan fingerprint density at radius 1 is 1.53 bits per heavy atom. The van der Waals surface area contributed by atoms with Crippen molar-refractivity contribution in [2.24, 2.45) is 0 Å². The molecular weight excluding hydrogens is 331 g/mol. The summed E-state index contributed by atoms with van der Waals surface area (Å²) in [6.45, 7) is 0. The number of fused-ring (bicyclic) bond motifs is 1. The second kappa shape index (κ2) is 4.06. The maximum Gasteiger partial charge on any atom is 0.176 e. The summed E-state index contributed by atoms with van der Waals surface area (Å²) in [6.07, 6.45) is 1.39. The molecule has 0 aliphatic rings. The van der Waals surface area contributed by atoms with Gasteiger partial charge in [0.2, 0.25) is 0 Å². The monoisotopic (exact) mass is 334 g/mol. The number of ketones is 1. The molecule has 0 N–H and O–H groups in total. The van der Waals surface area contributed by atoms with Crippen molar-refractivity contribution in [1.29, 1.82) is 0 Å². The first-order valence-electron chi connectivity index (χ1n) is 4.09. The molecule has 1 heterocycles. The lowest BCUT2D eigenvalue weighted by Crippen LogP contribution is -2.03. The van der Waals surface area contributed by atoms with Crippen molar-refractivity contribution in [2.75, 3.05) is 5.33 Å². The third kappa shape index (κ3) is 1.74. The highest BCUT2D eigenvalue weighted by Crippen LogP contribution is 2.30. The van der Waals surface area contributed by atoms with E-state index in [-0.39, 0.29) is 16.7 Å². The van der Waals surface area contributed by atoms with Gasteiger partial charge in [0.05, 0.1) is 27.0 Å². The summed E-state index contributed by atoms with van der Waals surface area (Å²) in [6, 6.07) is 2.94. The van der Waals surface area contributed by atoms with Gasteiger partial charge in [0.25, 0.3) is 0 Å². The average Bonchev–Trinajstić information content (AvgIpc) is 2.71. The van der Waals surface area contributed by atoms with Crippen LogP contribution in [0.4, 0.5) is 4.39 Å². The van der Waals surface area contributed by atoms with E-state index in [0.717, 1.165) is 0 Å². The van der Waals surface area contributed by atoms with Crippen LogP contribution in [-0.4, -0.2) is 11.1 Å². The molecule has 1 aromatic heterocycles. The van der Waals surface area contributed by atoms with Crippen molar-refractivity contribution in [3.05, 3.63) is 34.2 Å². The number of rotatable bonds is 2. The van der Waals surface area contributed by atoms with E-state index in [1.165, 1.54) is 18.4 Å². The highest BCUT2D eigenvalue weighted by atomic mass is 79.9. The van der Waals surface area contributed by atoms with Gasteiger partial charge in [0.15, 0.2) is 11.4 Å². The Hall–Kier alpha value is -0.680. The maximum absolute atomic E-state index is 13.8. The molecule has 0 atom stereocenters. The van der Waals surface area contributed by atoms with Crippen LogP contribution in [-0.2, 0) is 0 Å². The summed E-state index contributed by atoms with van der Waals surface area (Å²) in [5.74, 6) is -0.831. The molecule has 0 amide bonds. The van der Waals surface area contributed by atoms with Crippen molar-refractivity contribution >= 4 is 48.6 Å². The first-order chi connectivity index (χ1) is 7.15. The fourth-order valence-electron chi connectivity index (χ4n) is 1.34. The number of hydrogen-bond acceptors (Lipinski definition) is 2. The quantitative estimate of drug-likeness (QED) is 0.615. The van der Waals surface area contributed by atoms with Crippen LogP contribution in [0.25, 0.3) is 11.0 Å². The van der Waals surface area contributed by atoms with E-state index >= 15 is 0 Å². The van der Waals surface area contributed by atoms with E-state index < -0.39 is 5.82 Å². The molecule has 0 aliphatic carbocycles. The normalized spacial score (nSPS) is 10.9. The first-order valence-corrected chi connectivity index (χ1v) is 6.01. The summed E-state index contributed by atoms with van der Waals surface area (Å²) in [7, 11) is 0. The number of benzene rings is 1. The van der Waals surface area contributed by atoms with Crippen LogP contribution in [0.15, 0.2) is 27.3 Å². The summed E-state index contributed by atoms with van der Waals surface area (Å²) in [5, 5.41) is 0.411. The molecule has 5 heteroatoms. The summed E-state index contributed by atoms with van der Waals surface area (Å²) in [4.78, 5) is 11.4. The number of furan rings is 1. The van der Waals surface area contributed by atoms with E-state index in [1.807, 2.05) is 0 Å². The largest absolute Gasteiger partial charge is 0.463 e. The Balaban J connectivity index is 2.76. The minimum Gasteiger partial charge on any atom is -0.463 e. The zero-order valence-electron chi connectivity index (χ0n) is 7.39. The van der Waals surface area contributed by atoms with E-state index in [2.05, 4.69) is 31.9 Å². The Morgan fingerprint density at radius 3 is 2.93 bits per heavy atom. The zero-order valence-corrected chi connectivity index (χ0v) is 10.6. The fourth-order valence-corrected chi connectivity index (χ4v) is 2.18. The first kappa shape index (κ1) is 10.8. The lowest BCUT2D eigenvalue weighted by atomic mass is 10.1. The standard InChI is InChI=1S/C10H5Br2FO2/c11-4-8(14)6-3-7(12)10-5(9(6)13)1-2-15-10/h1-3H,4H2. The highest BCUT2D eigenvalue weighted by molar-refractivity contribution is 9.10. The molecule has 15 heavy (non-hydrogen) atoms. The molecule has 0 unspecified atom stereocenters. The minimum atomic E-state index is -0.536. The van der Waals surface area contributed by atoms with Gasteiger partial charge in [-0.05, 0) is 28.1 Å². The highest BCUT2D eigenvalue weighted by Gasteiger charge is 2.17. The predicted molar refractivity (Wildman–Crippen MR) is 62.0 cm³/mol. The summed E-state index contributed by atoms with van der Waals surface area (Å²) >= 11 is 6.24. The van der Waals surface area contributed by atoms with Crippen LogP contribution in [0.1, 0.15) is 10.4 Å². The number of carbonyl (C=O) groups excluding carboxylic acids is 1. The Kier molecular flexibility index (Phi) is 2.93. The van der Waals surface area contributed by atoms with E-state index in [0.29, 0.717) is 15.4 Å². The van der Waals surface area contributed by atoms with E-state index in [4.69, 9.17) is 4.42 Å². The number of carbonyl (C=O) groups is 1. The number of alkyl halides is 1. The van der Waals surface area contributed by atoms with Gasteiger partial charge < -0.3 is 4.42 Å². The van der Waals surface area contributed by atoms with Crippen molar-refractivity contribution in [1.82, 2.24) is 0 Å². The predicted octanol–water partition coefficient (Wildman–Crippen LogP) is 3.91. The third-order valence-electron chi connectivity index (χ3n) is 2.05.